The van der Waals surface area contributed by atoms with E-state index in [4.69, 9.17) is 0 Å². The smallest absolute Gasteiger partial charge is 0.269 e. The molecule has 0 bridgehead atoms. The average Bonchev–Trinajstić information content (AvgIpc) is 3.07. The van der Waals surface area contributed by atoms with Gasteiger partial charge in [0.25, 0.3) is 11.8 Å². The molecule has 2 aromatic rings. The highest BCUT2D eigenvalue weighted by Crippen LogP contribution is 2.06. The van der Waals surface area contributed by atoms with Crippen molar-refractivity contribution in [3.8, 4) is 0 Å². The van der Waals surface area contributed by atoms with Crippen molar-refractivity contribution in [2.24, 2.45) is 0 Å². The van der Waals surface area contributed by atoms with Gasteiger partial charge in [-0.15, -0.1) is 0 Å². The first-order valence-corrected chi connectivity index (χ1v) is 7.97. The Morgan fingerprint density at radius 2 is 1.83 bits per heavy atom. The first kappa shape index (κ1) is 16.7. The summed E-state index contributed by atoms with van der Waals surface area (Å²) in [5.41, 5.74) is 6.58. The fraction of sp³-hybridized carbons (Fsp3) is 0.188. The van der Waals surface area contributed by atoms with Gasteiger partial charge in [0.2, 0.25) is 5.91 Å². The maximum Gasteiger partial charge on any atom is 0.269 e. The third-order valence-corrected chi connectivity index (χ3v) is 3.81. The summed E-state index contributed by atoms with van der Waals surface area (Å²) in [5, 5.41) is 6.18. The quantitative estimate of drug-likeness (QED) is 0.728. The summed E-state index contributed by atoms with van der Waals surface area (Å²) in [6, 6.07) is 8.79. The van der Waals surface area contributed by atoms with Crippen molar-refractivity contribution < 1.29 is 14.4 Å². The Morgan fingerprint density at radius 3 is 2.52 bits per heavy atom. The number of amides is 3. The molecule has 6 nitrogen and oxygen atoms in total. The molecule has 2 rings (SSSR count). The lowest BCUT2D eigenvalue weighted by Gasteiger charge is -2.09. The second-order valence-corrected chi connectivity index (χ2v) is 5.62. The molecule has 1 aromatic carbocycles. The number of aryl methyl sites for hydroxylation is 1. The second-order valence-electron chi connectivity index (χ2n) is 4.84. The molecule has 0 unspecified atom stereocenters. The molecule has 0 atom stereocenters. The topological polar surface area (TPSA) is 87.3 Å². The van der Waals surface area contributed by atoms with Crippen LogP contribution in [0, 0.1) is 6.92 Å². The van der Waals surface area contributed by atoms with Gasteiger partial charge in [0.05, 0.1) is 0 Å². The van der Waals surface area contributed by atoms with Crippen LogP contribution in [-0.4, -0.2) is 24.3 Å². The molecule has 0 aliphatic rings. The molecule has 0 aliphatic carbocycles. The minimum absolute atomic E-state index is 0.0733. The zero-order valence-corrected chi connectivity index (χ0v) is 13.4. The van der Waals surface area contributed by atoms with Crippen LogP contribution < -0.4 is 16.2 Å². The molecule has 3 amide bonds. The normalized spacial score (nSPS) is 9.96. The molecule has 1 aromatic heterocycles. The maximum atomic E-state index is 11.9. The molecule has 0 saturated carbocycles. The average molecular weight is 331 g/mol. The molecule has 0 radical (unpaired) electrons. The molecule has 23 heavy (non-hydrogen) atoms. The van der Waals surface area contributed by atoms with Crippen molar-refractivity contribution >= 4 is 29.1 Å². The van der Waals surface area contributed by atoms with Crippen LogP contribution in [0.4, 0.5) is 0 Å². The number of carbonyl (C=O) groups is 3. The van der Waals surface area contributed by atoms with E-state index in [-0.39, 0.29) is 30.7 Å². The molecule has 3 N–H and O–H groups in total. The molecule has 120 valence electrons. The number of benzene rings is 1. The fourth-order valence-corrected chi connectivity index (χ4v) is 2.51. The fourth-order valence-electron chi connectivity index (χ4n) is 1.87. The Kier molecular flexibility index (Phi) is 5.87. The van der Waals surface area contributed by atoms with Crippen LogP contribution in [0.5, 0.6) is 0 Å². The van der Waals surface area contributed by atoms with Crippen LogP contribution in [0.25, 0.3) is 0 Å². The lowest BCUT2D eigenvalue weighted by Crippen LogP contribution is -2.43. The number of rotatable bonds is 5. The van der Waals surface area contributed by atoms with E-state index < -0.39 is 0 Å². The second kappa shape index (κ2) is 8.09. The number of hydrogen-bond acceptors (Lipinski definition) is 4. The summed E-state index contributed by atoms with van der Waals surface area (Å²) >= 11 is 1.43. The van der Waals surface area contributed by atoms with Gasteiger partial charge in [-0.25, -0.2) is 0 Å². The van der Waals surface area contributed by atoms with E-state index in [9.17, 15) is 14.4 Å². The van der Waals surface area contributed by atoms with Crippen LogP contribution in [0.1, 0.15) is 32.7 Å². The SMILES string of the molecule is Cc1ccccc1C(=O)NNC(=O)CCNC(=O)c1ccsc1. The molecule has 0 fully saturated rings. The van der Waals surface area contributed by atoms with Crippen molar-refractivity contribution in [3.63, 3.8) is 0 Å². The van der Waals surface area contributed by atoms with E-state index in [1.807, 2.05) is 24.4 Å². The van der Waals surface area contributed by atoms with Gasteiger partial charge < -0.3 is 5.32 Å². The third-order valence-electron chi connectivity index (χ3n) is 3.13. The van der Waals surface area contributed by atoms with Gasteiger partial charge >= 0.3 is 0 Å². The summed E-state index contributed by atoms with van der Waals surface area (Å²) in [6.45, 7) is 2.01. The van der Waals surface area contributed by atoms with Crippen molar-refractivity contribution in [1.82, 2.24) is 16.2 Å². The summed E-state index contributed by atoms with van der Waals surface area (Å²) in [4.78, 5) is 35.2. The maximum absolute atomic E-state index is 11.9. The first-order chi connectivity index (χ1) is 11.1. The van der Waals surface area contributed by atoms with Gasteiger partial charge in [-0.05, 0) is 30.0 Å². The van der Waals surface area contributed by atoms with Gasteiger partial charge in [-0.3, -0.25) is 25.2 Å². The lowest BCUT2D eigenvalue weighted by atomic mass is 10.1. The Hall–Kier alpha value is -2.67. The third kappa shape index (κ3) is 4.93. The minimum atomic E-state index is -0.377. The predicted molar refractivity (Wildman–Crippen MR) is 88.1 cm³/mol. The molecule has 0 spiro atoms. The highest BCUT2D eigenvalue weighted by Gasteiger charge is 2.10. The Morgan fingerprint density at radius 1 is 1.04 bits per heavy atom. The summed E-state index contributed by atoms with van der Waals surface area (Å²) < 4.78 is 0. The van der Waals surface area contributed by atoms with Crippen LogP contribution in [-0.2, 0) is 4.79 Å². The van der Waals surface area contributed by atoms with Crippen LogP contribution in [0.15, 0.2) is 41.1 Å². The van der Waals surface area contributed by atoms with E-state index in [1.54, 1.807) is 23.6 Å². The summed E-state index contributed by atoms with van der Waals surface area (Å²) in [7, 11) is 0. The zero-order valence-electron chi connectivity index (χ0n) is 12.6. The van der Waals surface area contributed by atoms with E-state index in [2.05, 4.69) is 16.2 Å². The van der Waals surface area contributed by atoms with E-state index in [0.717, 1.165) is 5.56 Å². The Bertz CT molecular complexity index is 698. The summed E-state index contributed by atoms with van der Waals surface area (Å²) in [6.07, 6.45) is 0.0733. The number of carbonyl (C=O) groups excluding carboxylic acids is 3. The number of thiophene rings is 1. The number of hydrazine groups is 1. The molecule has 0 saturated heterocycles. The molecular formula is C16H17N3O3S. The highest BCUT2D eigenvalue weighted by molar-refractivity contribution is 7.08. The van der Waals surface area contributed by atoms with Crippen LogP contribution in [0.2, 0.25) is 0 Å². The molecular weight excluding hydrogens is 314 g/mol. The van der Waals surface area contributed by atoms with Crippen LogP contribution >= 0.6 is 11.3 Å². The van der Waals surface area contributed by atoms with Gasteiger partial charge in [0.1, 0.15) is 0 Å². The van der Waals surface area contributed by atoms with Crippen molar-refractivity contribution in [2.75, 3.05) is 6.54 Å². The monoisotopic (exact) mass is 331 g/mol. The predicted octanol–water partition coefficient (Wildman–Crippen LogP) is 1.64. The summed E-state index contributed by atoms with van der Waals surface area (Å²) in [5.74, 6) is -0.973. The van der Waals surface area contributed by atoms with Gasteiger partial charge in [0, 0.05) is 29.5 Å². The lowest BCUT2D eigenvalue weighted by molar-refractivity contribution is -0.121. The standard InChI is InChI=1S/C16H17N3O3S/c1-11-4-2-3-5-13(11)16(22)19-18-14(20)6-8-17-15(21)12-7-9-23-10-12/h2-5,7,9-10H,6,8H2,1H3,(H,17,21)(H,18,20)(H,19,22). The molecule has 0 aliphatic heterocycles. The van der Waals surface area contributed by atoms with Crippen molar-refractivity contribution in [1.29, 1.82) is 0 Å². The van der Waals surface area contributed by atoms with E-state index >= 15 is 0 Å². The first-order valence-electron chi connectivity index (χ1n) is 7.03. The minimum Gasteiger partial charge on any atom is -0.351 e. The Balaban J connectivity index is 1.70. The molecule has 7 heteroatoms. The number of hydrogen-bond donors (Lipinski definition) is 3. The zero-order chi connectivity index (χ0) is 16.7. The van der Waals surface area contributed by atoms with E-state index in [0.29, 0.717) is 11.1 Å². The van der Waals surface area contributed by atoms with E-state index in [1.165, 1.54) is 11.3 Å². The van der Waals surface area contributed by atoms with Gasteiger partial charge in [-0.2, -0.15) is 11.3 Å². The van der Waals surface area contributed by atoms with Gasteiger partial charge in [0.15, 0.2) is 0 Å². The van der Waals surface area contributed by atoms with Crippen LogP contribution in [0.3, 0.4) is 0 Å². The Labute approximate surface area is 137 Å². The number of nitrogens with one attached hydrogen (secondary N) is 3. The highest BCUT2D eigenvalue weighted by atomic mass is 32.1. The van der Waals surface area contributed by atoms with Gasteiger partial charge in [-0.1, -0.05) is 18.2 Å². The largest absolute Gasteiger partial charge is 0.351 e. The van der Waals surface area contributed by atoms with Crippen molar-refractivity contribution in [2.45, 2.75) is 13.3 Å². The van der Waals surface area contributed by atoms with Crippen molar-refractivity contribution in [3.05, 3.63) is 57.8 Å². The molecule has 1 heterocycles.